The molecule has 13 heavy (non-hydrogen) atoms. The minimum Gasteiger partial charge on any atom is -0.472 e. The maximum Gasteiger partial charge on any atom is 0.117 e. The fourth-order valence-corrected chi connectivity index (χ4v) is 2.18. The van der Waals surface area contributed by atoms with Crippen LogP contribution in [0.25, 0.3) is 0 Å². The highest BCUT2D eigenvalue weighted by molar-refractivity contribution is 7.10. The van der Waals surface area contributed by atoms with Crippen LogP contribution >= 0.6 is 11.3 Å². The van der Waals surface area contributed by atoms with Crippen LogP contribution in [0.3, 0.4) is 0 Å². The van der Waals surface area contributed by atoms with Crippen LogP contribution in [0.15, 0.2) is 34.5 Å². The Morgan fingerprint density at radius 1 is 1.46 bits per heavy atom. The number of hydrogen-bond acceptors (Lipinski definition) is 3. The minimum absolute atomic E-state index is 0.543. The Labute approximate surface area is 80.4 Å². The largest absolute Gasteiger partial charge is 0.472 e. The number of aliphatic hydroxyl groups is 1. The zero-order valence-corrected chi connectivity index (χ0v) is 8.04. The first-order chi connectivity index (χ1) is 6.29. The molecule has 1 atom stereocenters. The Kier molecular flexibility index (Phi) is 2.20. The standard InChI is InChI=1S/C10H10O2S/c1-7-3-5-13-10(7)9(11)8-2-4-12-6-8/h2-6,9,11H,1H3/t9-/m0/s1. The highest BCUT2D eigenvalue weighted by Gasteiger charge is 2.14. The molecule has 2 rings (SSSR count). The van der Waals surface area contributed by atoms with E-state index < -0.39 is 6.10 Å². The molecule has 0 saturated heterocycles. The first-order valence-electron chi connectivity index (χ1n) is 4.03. The number of aliphatic hydroxyl groups excluding tert-OH is 1. The quantitative estimate of drug-likeness (QED) is 0.797. The smallest absolute Gasteiger partial charge is 0.117 e. The summed E-state index contributed by atoms with van der Waals surface area (Å²) in [6.45, 7) is 2.00. The van der Waals surface area contributed by atoms with Gasteiger partial charge in [-0.25, -0.2) is 0 Å². The van der Waals surface area contributed by atoms with Crippen molar-refractivity contribution in [3.8, 4) is 0 Å². The Morgan fingerprint density at radius 2 is 2.31 bits per heavy atom. The number of furan rings is 1. The van der Waals surface area contributed by atoms with Crippen molar-refractivity contribution >= 4 is 11.3 Å². The van der Waals surface area contributed by atoms with Gasteiger partial charge in [-0.3, -0.25) is 0 Å². The lowest BCUT2D eigenvalue weighted by Gasteiger charge is -2.06. The highest BCUT2D eigenvalue weighted by Crippen LogP contribution is 2.29. The minimum atomic E-state index is -0.543. The molecule has 0 aliphatic heterocycles. The van der Waals surface area contributed by atoms with Gasteiger partial charge in [0.25, 0.3) is 0 Å². The summed E-state index contributed by atoms with van der Waals surface area (Å²) in [5.41, 5.74) is 1.93. The van der Waals surface area contributed by atoms with Gasteiger partial charge in [0.15, 0.2) is 0 Å². The zero-order chi connectivity index (χ0) is 9.26. The molecule has 0 radical (unpaired) electrons. The molecule has 68 valence electrons. The van der Waals surface area contributed by atoms with Crippen LogP contribution in [-0.4, -0.2) is 5.11 Å². The van der Waals surface area contributed by atoms with E-state index in [-0.39, 0.29) is 0 Å². The van der Waals surface area contributed by atoms with Gasteiger partial charge in [-0.1, -0.05) is 0 Å². The van der Waals surface area contributed by atoms with E-state index in [0.29, 0.717) is 0 Å². The number of thiophene rings is 1. The van der Waals surface area contributed by atoms with Crippen LogP contribution in [0.5, 0.6) is 0 Å². The summed E-state index contributed by atoms with van der Waals surface area (Å²) in [5.74, 6) is 0. The molecule has 2 aromatic rings. The van der Waals surface area contributed by atoms with Crippen molar-refractivity contribution in [1.29, 1.82) is 0 Å². The van der Waals surface area contributed by atoms with Crippen LogP contribution < -0.4 is 0 Å². The lowest BCUT2D eigenvalue weighted by Crippen LogP contribution is -1.96. The van der Waals surface area contributed by atoms with Crippen LogP contribution in [-0.2, 0) is 0 Å². The summed E-state index contributed by atoms with van der Waals surface area (Å²) in [5, 5.41) is 11.9. The van der Waals surface area contributed by atoms with Crippen LogP contribution in [0.4, 0.5) is 0 Å². The van der Waals surface area contributed by atoms with Crippen molar-refractivity contribution in [1.82, 2.24) is 0 Å². The zero-order valence-electron chi connectivity index (χ0n) is 7.23. The van der Waals surface area contributed by atoms with Crippen LogP contribution in [0, 0.1) is 6.92 Å². The molecule has 0 fully saturated rings. The van der Waals surface area contributed by atoms with Gasteiger partial charge in [0.1, 0.15) is 6.10 Å². The Balaban J connectivity index is 2.33. The van der Waals surface area contributed by atoms with Crippen molar-refractivity contribution in [2.24, 2.45) is 0 Å². The molecule has 2 nitrogen and oxygen atoms in total. The Morgan fingerprint density at radius 3 is 2.85 bits per heavy atom. The molecule has 0 unspecified atom stereocenters. The fraction of sp³-hybridized carbons (Fsp3) is 0.200. The predicted octanol–water partition coefficient (Wildman–Crippen LogP) is 2.73. The first kappa shape index (κ1) is 8.53. The molecular formula is C10H10O2S. The van der Waals surface area contributed by atoms with E-state index in [2.05, 4.69) is 0 Å². The average Bonchev–Trinajstić information content (AvgIpc) is 2.72. The maximum atomic E-state index is 9.90. The number of rotatable bonds is 2. The van der Waals surface area contributed by atoms with Crippen molar-refractivity contribution < 1.29 is 9.52 Å². The van der Waals surface area contributed by atoms with Gasteiger partial charge in [-0.05, 0) is 30.0 Å². The lowest BCUT2D eigenvalue weighted by molar-refractivity contribution is 0.222. The molecule has 2 aromatic heterocycles. The van der Waals surface area contributed by atoms with Crippen molar-refractivity contribution in [2.75, 3.05) is 0 Å². The topological polar surface area (TPSA) is 33.4 Å². The average molecular weight is 194 g/mol. The van der Waals surface area contributed by atoms with Gasteiger partial charge in [-0.15, -0.1) is 11.3 Å². The maximum absolute atomic E-state index is 9.90. The third kappa shape index (κ3) is 1.53. The van der Waals surface area contributed by atoms with Gasteiger partial charge >= 0.3 is 0 Å². The fourth-order valence-electron chi connectivity index (χ4n) is 1.25. The third-order valence-corrected chi connectivity index (χ3v) is 3.08. The summed E-state index contributed by atoms with van der Waals surface area (Å²) in [6.07, 6.45) is 2.60. The van der Waals surface area contributed by atoms with E-state index in [1.54, 1.807) is 29.9 Å². The molecule has 3 heteroatoms. The molecule has 2 heterocycles. The summed E-state index contributed by atoms with van der Waals surface area (Å²) >= 11 is 1.56. The van der Waals surface area contributed by atoms with Gasteiger partial charge in [-0.2, -0.15) is 0 Å². The van der Waals surface area contributed by atoms with E-state index in [1.807, 2.05) is 18.4 Å². The molecule has 0 aliphatic rings. The Bertz CT molecular complexity index is 375. The summed E-state index contributed by atoms with van der Waals surface area (Å²) < 4.78 is 4.92. The molecular weight excluding hydrogens is 184 g/mol. The monoisotopic (exact) mass is 194 g/mol. The van der Waals surface area contributed by atoms with Crippen LogP contribution in [0.1, 0.15) is 22.1 Å². The molecule has 0 bridgehead atoms. The molecule has 0 aliphatic carbocycles. The SMILES string of the molecule is Cc1ccsc1[C@@H](O)c1ccoc1. The number of hydrogen-bond donors (Lipinski definition) is 1. The Hall–Kier alpha value is -1.06. The molecule has 0 amide bonds. The van der Waals surface area contributed by atoms with E-state index in [1.165, 1.54) is 0 Å². The van der Waals surface area contributed by atoms with E-state index in [0.717, 1.165) is 16.0 Å². The van der Waals surface area contributed by atoms with Gasteiger partial charge in [0.05, 0.1) is 12.5 Å². The van der Waals surface area contributed by atoms with Gasteiger partial charge in [0.2, 0.25) is 0 Å². The summed E-state index contributed by atoms with van der Waals surface area (Å²) in [6, 6.07) is 3.78. The normalized spacial score (nSPS) is 13.1. The second-order valence-electron chi connectivity index (χ2n) is 2.93. The van der Waals surface area contributed by atoms with Crippen molar-refractivity contribution in [3.05, 3.63) is 46.0 Å². The molecule has 0 aromatic carbocycles. The van der Waals surface area contributed by atoms with Crippen LogP contribution in [0.2, 0.25) is 0 Å². The van der Waals surface area contributed by atoms with E-state index >= 15 is 0 Å². The lowest BCUT2D eigenvalue weighted by atomic mass is 10.1. The molecule has 0 saturated carbocycles. The van der Waals surface area contributed by atoms with E-state index in [9.17, 15) is 5.11 Å². The van der Waals surface area contributed by atoms with Gasteiger partial charge < -0.3 is 9.52 Å². The second kappa shape index (κ2) is 3.36. The predicted molar refractivity (Wildman–Crippen MR) is 51.8 cm³/mol. The van der Waals surface area contributed by atoms with Crippen molar-refractivity contribution in [3.63, 3.8) is 0 Å². The summed E-state index contributed by atoms with van der Waals surface area (Å²) in [4.78, 5) is 0.987. The molecule has 0 spiro atoms. The highest BCUT2D eigenvalue weighted by atomic mass is 32.1. The van der Waals surface area contributed by atoms with Gasteiger partial charge in [0, 0.05) is 10.4 Å². The first-order valence-corrected chi connectivity index (χ1v) is 4.91. The van der Waals surface area contributed by atoms with Crippen molar-refractivity contribution in [2.45, 2.75) is 13.0 Å². The van der Waals surface area contributed by atoms with E-state index in [4.69, 9.17) is 4.42 Å². The third-order valence-electron chi connectivity index (χ3n) is 2.01. The summed E-state index contributed by atoms with van der Waals surface area (Å²) in [7, 11) is 0. The molecule has 1 N–H and O–H groups in total. The number of aryl methyl sites for hydroxylation is 1. The second-order valence-corrected chi connectivity index (χ2v) is 3.87.